The number of rotatable bonds is 6. The van der Waals surface area contributed by atoms with Gasteiger partial charge in [-0.25, -0.2) is 4.39 Å². The van der Waals surface area contributed by atoms with E-state index in [0.717, 1.165) is 30.8 Å². The van der Waals surface area contributed by atoms with E-state index in [0.29, 0.717) is 11.7 Å². The Morgan fingerprint density at radius 2 is 1.73 bits per heavy atom. The van der Waals surface area contributed by atoms with Crippen molar-refractivity contribution in [2.24, 2.45) is 0 Å². The number of anilines is 1. The molecule has 138 valence electrons. The Kier molecular flexibility index (Phi) is 6.09. The molecule has 5 heteroatoms. The Morgan fingerprint density at radius 1 is 1.08 bits per heavy atom. The highest BCUT2D eigenvalue weighted by Crippen LogP contribution is 2.40. The molecule has 3 rings (SSSR count). The molecule has 0 bridgehead atoms. The second-order valence-corrected chi connectivity index (χ2v) is 7.17. The first-order valence-corrected chi connectivity index (χ1v) is 9.56. The maximum absolute atomic E-state index is 13.3. The van der Waals surface area contributed by atoms with Crippen molar-refractivity contribution in [1.29, 1.82) is 0 Å². The van der Waals surface area contributed by atoms with Crippen LogP contribution in [0.2, 0.25) is 0 Å². The van der Waals surface area contributed by atoms with Gasteiger partial charge in [-0.3, -0.25) is 0 Å². The molecule has 0 amide bonds. The van der Waals surface area contributed by atoms with Gasteiger partial charge in [0.1, 0.15) is 11.6 Å². The summed E-state index contributed by atoms with van der Waals surface area (Å²) in [6.07, 6.45) is 4.57. The van der Waals surface area contributed by atoms with Crippen LogP contribution in [-0.2, 0) is 5.41 Å². The van der Waals surface area contributed by atoms with Crippen LogP contribution < -0.4 is 15.4 Å². The number of thiocarbonyl (C=S) groups is 1. The topological polar surface area (TPSA) is 33.3 Å². The fourth-order valence-electron chi connectivity index (χ4n) is 3.65. The predicted molar refractivity (Wildman–Crippen MR) is 108 cm³/mol. The molecule has 3 nitrogen and oxygen atoms in total. The van der Waals surface area contributed by atoms with Crippen LogP contribution in [0.25, 0.3) is 0 Å². The monoisotopic (exact) mass is 372 g/mol. The highest BCUT2D eigenvalue weighted by atomic mass is 32.1. The van der Waals surface area contributed by atoms with E-state index in [4.69, 9.17) is 17.0 Å². The molecule has 1 aliphatic rings. The summed E-state index contributed by atoms with van der Waals surface area (Å²) in [7, 11) is 0. The third-order valence-electron chi connectivity index (χ3n) is 5.03. The Morgan fingerprint density at radius 3 is 2.35 bits per heavy atom. The van der Waals surface area contributed by atoms with Crippen LogP contribution in [0.3, 0.4) is 0 Å². The van der Waals surface area contributed by atoms with Crippen molar-refractivity contribution in [2.75, 3.05) is 18.5 Å². The molecule has 0 heterocycles. The van der Waals surface area contributed by atoms with Gasteiger partial charge in [-0.05, 0) is 73.9 Å². The van der Waals surface area contributed by atoms with Gasteiger partial charge in [-0.15, -0.1) is 0 Å². The highest BCUT2D eigenvalue weighted by molar-refractivity contribution is 7.80. The molecule has 0 radical (unpaired) electrons. The molecule has 2 aromatic rings. The van der Waals surface area contributed by atoms with Crippen LogP contribution in [0.15, 0.2) is 48.5 Å². The van der Waals surface area contributed by atoms with Crippen LogP contribution in [0.5, 0.6) is 5.75 Å². The van der Waals surface area contributed by atoms with Crippen LogP contribution in [0.4, 0.5) is 10.1 Å². The van der Waals surface area contributed by atoms with Crippen molar-refractivity contribution >= 4 is 23.0 Å². The average molecular weight is 373 g/mol. The van der Waals surface area contributed by atoms with Gasteiger partial charge in [0.25, 0.3) is 0 Å². The summed E-state index contributed by atoms with van der Waals surface area (Å²) in [6, 6.07) is 14.7. The van der Waals surface area contributed by atoms with Gasteiger partial charge in [0.2, 0.25) is 0 Å². The third-order valence-corrected chi connectivity index (χ3v) is 5.27. The number of halogens is 1. The molecule has 1 aliphatic carbocycles. The zero-order valence-electron chi connectivity index (χ0n) is 15.1. The van der Waals surface area contributed by atoms with E-state index in [1.54, 1.807) is 12.1 Å². The van der Waals surface area contributed by atoms with Crippen molar-refractivity contribution in [1.82, 2.24) is 5.32 Å². The summed E-state index contributed by atoms with van der Waals surface area (Å²) in [5, 5.41) is 7.18. The molecule has 2 aromatic carbocycles. The molecule has 0 unspecified atom stereocenters. The Labute approximate surface area is 160 Å². The minimum Gasteiger partial charge on any atom is -0.494 e. The summed E-state index contributed by atoms with van der Waals surface area (Å²) >= 11 is 5.46. The number of ether oxygens (including phenoxy) is 1. The van der Waals surface area contributed by atoms with E-state index >= 15 is 0 Å². The average Bonchev–Trinajstić information content (AvgIpc) is 3.13. The molecule has 0 saturated heterocycles. The largest absolute Gasteiger partial charge is 0.494 e. The van der Waals surface area contributed by atoms with Gasteiger partial charge < -0.3 is 15.4 Å². The first-order chi connectivity index (χ1) is 12.6. The predicted octanol–water partition coefficient (Wildman–Crippen LogP) is 5.02. The van der Waals surface area contributed by atoms with Gasteiger partial charge >= 0.3 is 0 Å². The molecular weight excluding hydrogens is 347 g/mol. The maximum atomic E-state index is 13.3. The summed E-state index contributed by atoms with van der Waals surface area (Å²) in [5.41, 5.74) is 2.14. The van der Waals surface area contributed by atoms with E-state index in [-0.39, 0.29) is 11.2 Å². The van der Waals surface area contributed by atoms with Gasteiger partial charge in [-0.2, -0.15) is 0 Å². The molecule has 0 spiro atoms. The highest BCUT2D eigenvalue weighted by Gasteiger charge is 2.35. The Hall–Kier alpha value is -2.14. The minimum absolute atomic E-state index is 0.0261. The van der Waals surface area contributed by atoms with Crippen LogP contribution in [0.1, 0.15) is 38.2 Å². The van der Waals surface area contributed by atoms with E-state index < -0.39 is 0 Å². The smallest absolute Gasteiger partial charge is 0.170 e. The second-order valence-electron chi connectivity index (χ2n) is 6.76. The minimum atomic E-state index is -0.192. The lowest BCUT2D eigenvalue weighted by Gasteiger charge is -2.30. The molecule has 1 fully saturated rings. The van der Waals surface area contributed by atoms with E-state index in [2.05, 4.69) is 10.6 Å². The number of benzene rings is 2. The quantitative estimate of drug-likeness (QED) is 0.698. The molecule has 2 N–H and O–H groups in total. The summed E-state index contributed by atoms with van der Waals surface area (Å²) in [5.74, 6) is 0.653. The normalized spacial score (nSPS) is 15.5. The molecule has 0 aromatic heterocycles. The van der Waals surface area contributed by atoms with Gasteiger partial charge in [0.05, 0.1) is 6.61 Å². The molecular formula is C21H25FN2OS. The molecule has 0 atom stereocenters. The SMILES string of the molecule is CCOc1ccc(NC(=S)NCC2(c3ccc(F)cc3)CCCC2)cc1. The fourth-order valence-corrected chi connectivity index (χ4v) is 3.84. The van der Waals surface area contributed by atoms with Gasteiger partial charge in [0.15, 0.2) is 5.11 Å². The van der Waals surface area contributed by atoms with Crippen molar-refractivity contribution in [3.63, 3.8) is 0 Å². The van der Waals surface area contributed by atoms with Gasteiger partial charge in [0, 0.05) is 17.6 Å². The molecule has 26 heavy (non-hydrogen) atoms. The Bertz CT molecular complexity index is 725. The standard InChI is InChI=1S/C21H25FN2OS/c1-2-25-19-11-9-18(10-12-19)24-20(26)23-15-21(13-3-4-14-21)16-5-7-17(22)8-6-16/h5-12H,2-4,13-15H2,1H3,(H2,23,24,26). The van der Waals surface area contributed by atoms with Crippen LogP contribution in [-0.4, -0.2) is 18.3 Å². The van der Waals surface area contributed by atoms with Crippen molar-refractivity contribution in [3.8, 4) is 5.75 Å². The third kappa shape index (κ3) is 4.52. The lowest BCUT2D eigenvalue weighted by atomic mass is 9.79. The number of hydrogen-bond acceptors (Lipinski definition) is 2. The first-order valence-electron chi connectivity index (χ1n) is 9.15. The van der Waals surface area contributed by atoms with Crippen molar-refractivity contribution in [2.45, 2.75) is 38.0 Å². The van der Waals surface area contributed by atoms with Crippen LogP contribution >= 0.6 is 12.2 Å². The summed E-state index contributed by atoms with van der Waals surface area (Å²) in [6.45, 7) is 3.37. The number of hydrogen-bond donors (Lipinski definition) is 2. The second kappa shape index (κ2) is 8.49. The lowest BCUT2D eigenvalue weighted by molar-refractivity contribution is 0.340. The zero-order valence-corrected chi connectivity index (χ0v) is 15.9. The van der Waals surface area contributed by atoms with Gasteiger partial charge in [-0.1, -0.05) is 25.0 Å². The van der Waals surface area contributed by atoms with Crippen molar-refractivity contribution < 1.29 is 9.13 Å². The lowest BCUT2D eigenvalue weighted by Crippen LogP contribution is -2.40. The molecule has 0 aliphatic heterocycles. The summed E-state index contributed by atoms with van der Waals surface area (Å²) < 4.78 is 18.7. The summed E-state index contributed by atoms with van der Waals surface area (Å²) in [4.78, 5) is 0. The zero-order chi connectivity index (χ0) is 18.4. The van der Waals surface area contributed by atoms with E-state index in [1.165, 1.54) is 18.4 Å². The number of nitrogens with one attached hydrogen (secondary N) is 2. The van der Waals surface area contributed by atoms with Crippen molar-refractivity contribution in [3.05, 3.63) is 59.9 Å². The molecule has 1 saturated carbocycles. The maximum Gasteiger partial charge on any atom is 0.170 e. The fraction of sp³-hybridized carbons (Fsp3) is 0.381. The Balaban J connectivity index is 1.60. The van der Waals surface area contributed by atoms with Crippen LogP contribution in [0, 0.1) is 5.82 Å². The first kappa shape index (κ1) is 18.6. The van der Waals surface area contributed by atoms with E-state index in [1.807, 2.05) is 43.3 Å². The van der Waals surface area contributed by atoms with E-state index in [9.17, 15) is 4.39 Å².